The molecular formula is C23H37NO8. The molecule has 5 rings (SSSR count). The van der Waals surface area contributed by atoms with Crippen molar-refractivity contribution in [1.29, 1.82) is 0 Å². The maximum Gasteiger partial charge on any atom is 0.308 e. The molecule has 0 unspecified atom stereocenters. The summed E-state index contributed by atoms with van der Waals surface area (Å²) in [7, 11) is 0. The fourth-order valence-corrected chi connectivity index (χ4v) is 5.89. The predicted molar refractivity (Wildman–Crippen MR) is 111 cm³/mol. The van der Waals surface area contributed by atoms with Crippen molar-refractivity contribution in [3.8, 4) is 0 Å². The Bertz CT molecular complexity index is 744. The van der Waals surface area contributed by atoms with Crippen LogP contribution in [0, 0.1) is 23.7 Å². The van der Waals surface area contributed by atoms with Gasteiger partial charge in [-0.1, -0.05) is 13.8 Å². The molecule has 4 saturated heterocycles. The number of esters is 1. The number of nitrogens with one attached hydrogen (secondary N) is 1. The molecule has 32 heavy (non-hydrogen) atoms. The van der Waals surface area contributed by atoms with E-state index in [1.807, 2.05) is 13.8 Å². The third kappa shape index (κ3) is 4.18. The molecule has 0 aromatic heterocycles. The topological polar surface area (TPSA) is 113 Å². The van der Waals surface area contributed by atoms with Crippen LogP contribution in [0.5, 0.6) is 0 Å². The van der Waals surface area contributed by atoms with E-state index in [1.165, 1.54) is 0 Å². The molecule has 5 aliphatic rings. The first kappa shape index (κ1) is 23.9. The zero-order chi connectivity index (χ0) is 23.3. The molecule has 1 saturated carbocycles. The van der Waals surface area contributed by atoms with Crippen molar-refractivity contribution in [2.45, 2.75) is 103 Å². The molecule has 9 nitrogen and oxygen atoms in total. The van der Waals surface area contributed by atoms with E-state index in [1.54, 1.807) is 13.8 Å². The van der Waals surface area contributed by atoms with Crippen molar-refractivity contribution >= 4 is 11.9 Å². The summed E-state index contributed by atoms with van der Waals surface area (Å²) >= 11 is 0. The summed E-state index contributed by atoms with van der Waals surface area (Å²) in [6, 6.07) is 0. The van der Waals surface area contributed by atoms with Crippen LogP contribution in [0.2, 0.25) is 0 Å². The van der Waals surface area contributed by atoms with Crippen LogP contribution in [0.15, 0.2) is 0 Å². The summed E-state index contributed by atoms with van der Waals surface area (Å²) in [5, 5.41) is 12.0. The second-order valence-electron chi connectivity index (χ2n) is 10.9. The van der Waals surface area contributed by atoms with Gasteiger partial charge in [-0.15, -0.1) is 0 Å². The largest absolute Gasteiger partial charge is 0.435 e. The van der Waals surface area contributed by atoms with Gasteiger partial charge in [0.15, 0.2) is 11.9 Å². The van der Waals surface area contributed by atoms with Crippen molar-refractivity contribution < 1.29 is 38.7 Å². The monoisotopic (exact) mass is 455 g/mol. The lowest BCUT2D eigenvalue weighted by molar-refractivity contribution is -0.576. The van der Waals surface area contributed by atoms with Gasteiger partial charge in [0.2, 0.25) is 18.0 Å². The first-order valence-corrected chi connectivity index (χ1v) is 11.8. The average Bonchev–Trinajstić information content (AvgIpc) is 2.96. The summed E-state index contributed by atoms with van der Waals surface area (Å²) in [6.07, 6.45) is 2.08. The molecule has 1 aliphatic carbocycles. The molecule has 2 bridgehead atoms. The van der Waals surface area contributed by atoms with E-state index in [0.29, 0.717) is 12.3 Å². The number of aliphatic hydroxyl groups excluding tert-OH is 1. The van der Waals surface area contributed by atoms with Gasteiger partial charge in [-0.05, 0) is 51.9 Å². The highest BCUT2D eigenvalue weighted by Gasteiger charge is 2.69. The number of carbonyl (C=O) groups excluding carboxylic acids is 2. The quantitative estimate of drug-likeness (QED) is 0.464. The molecule has 2 N–H and O–H groups in total. The maximum absolute atomic E-state index is 12.5. The Balaban J connectivity index is 1.43. The maximum atomic E-state index is 12.5. The second-order valence-corrected chi connectivity index (χ2v) is 10.9. The van der Waals surface area contributed by atoms with Crippen molar-refractivity contribution in [2.75, 3.05) is 6.61 Å². The van der Waals surface area contributed by atoms with Gasteiger partial charge in [0.05, 0.1) is 18.6 Å². The third-order valence-electron chi connectivity index (χ3n) is 7.77. The van der Waals surface area contributed by atoms with Gasteiger partial charge < -0.3 is 24.6 Å². The molecule has 1 spiro atoms. The van der Waals surface area contributed by atoms with Crippen molar-refractivity contribution in [3.05, 3.63) is 0 Å². The first-order chi connectivity index (χ1) is 15.0. The Morgan fingerprint density at radius 1 is 1.12 bits per heavy atom. The molecule has 8 atom stereocenters. The van der Waals surface area contributed by atoms with Crippen molar-refractivity contribution in [1.82, 2.24) is 5.32 Å². The number of rotatable bonds is 6. The van der Waals surface area contributed by atoms with Crippen LogP contribution < -0.4 is 5.32 Å². The van der Waals surface area contributed by atoms with Crippen molar-refractivity contribution in [2.24, 2.45) is 23.7 Å². The van der Waals surface area contributed by atoms with Gasteiger partial charge in [-0.2, -0.15) is 0 Å². The molecule has 0 aromatic rings. The Morgan fingerprint density at radius 2 is 1.88 bits per heavy atom. The Morgan fingerprint density at radius 3 is 2.59 bits per heavy atom. The molecular weight excluding hydrogens is 418 g/mol. The lowest BCUT2D eigenvalue weighted by Crippen LogP contribution is -2.70. The normalized spacial score (nSPS) is 43.2. The van der Waals surface area contributed by atoms with Crippen LogP contribution in [0.1, 0.15) is 73.1 Å². The van der Waals surface area contributed by atoms with E-state index in [-0.39, 0.29) is 43.1 Å². The smallest absolute Gasteiger partial charge is 0.308 e. The van der Waals surface area contributed by atoms with Crippen LogP contribution in [0.25, 0.3) is 0 Å². The highest BCUT2D eigenvalue weighted by Crippen LogP contribution is 2.60. The van der Waals surface area contributed by atoms with E-state index in [4.69, 9.17) is 24.0 Å². The van der Waals surface area contributed by atoms with E-state index < -0.39 is 35.5 Å². The van der Waals surface area contributed by atoms with Crippen molar-refractivity contribution in [3.63, 3.8) is 0 Å². The lowest BCUT2D eigenvalue weighted by atomic mass is 9.58. The highest BCUT2D eigenvalue weighted by atomic mass is 17.3. The summed E-state index contributed by atoms with van der Waals surface area (Å²) in [4.78, 5) is 36.5. The van der Waals surface area contributed by atoms with Gasteiger partial charge in [0.1, 0.15) is 0 Å². The SMILES string of the molecule is C[C@@H]1[C@H](OC(=O)CCC(=O)NC(C)(C)CO)O[C@H]2O[C@@]3(C)CC[C@H]4[C@H](C)CC[C@H]1[C@]24OO3. The average molecular weight is 456 g/mol. The summed E-state index contributed by atoms with van der Waals surface area (Å²) in [6.45, 7) is 9.34. The molecule has 5 fully saturated rings. The Labute approximate surface area is 189 Å². The standard InChI is InChI=1S/C23H37NO8/c1-13-6-7-16-14(2)19(28-18(27)9-8-17(26)24-21(3,4)12-25)29-20-23(16)15(13)10-11-22(5,30-20)31-32-23/h13-16,19-20,25H,6-12H2,1-5H3,(H,24,26)/t13-,14+,15+,16-,19-,20+,22-,23+/m1/s1. The van der Waals surface area contributed by atoms with Crippen LogP contribution in [0.3, 0.4) is 0 Å². The number of hydrogen-bond donors (Lipinski definition) is 2. The van der Waals surface area contributed by atoms with Crippen LogP contribution in [-0.2, 0) is 33.6 Å². The number of amides is 1. The fourth-order valence-electron chi connectivity index (χ4n) is 5.89. The second kappa shape index (κ2) is 8.51. The van der Waals surface area contributed by atoms with E-state index >= 15 is 0 Å². The van der Waals surface area contributed by atoms with Gasteiger partial charge in [-0.25, -0.2) is 9.78 Å². The molecule has 4 aliphatic heterocycles. The minimum Gasteiger partial charge on any atom is -0.435 e. The van der Waals surface area contributed by atoms with Crippen LogP contribution >= 0.6 is 0 Å². The molecule has 182 valence electrons. The lowest BCUT2D eigenvalue weighted by Gasteiger charge is -2.59. The van der Waals surface area contributed by atoms with Crippen LogP contribution in [-0.4, -0.2) is 53.1 Å². The van der Waals surface area contributed by atoms with Gasteiger partial charge >= 0.3 is 5.97 Å². The minimum absolute atomic E-state index is 0.0225. The van der Waals surface area contributed by atoms with Gasteiger partial charge in [-0.3, -0.25) is 9.59 Å². The fraction of sp³-hybridized carbons (Fsp3) is 0.913. The van der Waals surface area contributed by atoms with Gasteiger partial charge in [0, 0.05) is 24.7 Å². The third-order valence-corrected chi connectivity index (χ3v) is 7.77. The first-order valence-electron chi connectivity index (χ1n) is 11.8. The number of fused-ring (bicyclic) bond motifs is 2. The molecule has 0 radical (unpaired) electrons. The van der Waals surface area contributed by atoms with Gasteiger partial charge in [0.25, 0.3) is 0 Å². The van der Waals surface area contributed by atoms with Crippen LogP contribution in [0.4, 0.5) is 0 Å². The van der Waals surface area contributed by atoms with E-state index in [9.17, 15) is 14.7 Å². The predicted octanol–water partition coefficient (Wildman–Crippen LogP) is 2.40. The summed E-state index contributed by atoms with van der Waals surface area (Å²) in [5.41, 5.74) is -1.44. The number of carbonyl (C=O) groups is 2. The number of ether oxygens (including phenoxy) is 3. The summed E-state index contributed by atoms with van der Waals surface area (Å²) < 4.78 is 18.2. The van der Waals surface area contributed by atoms with E-state index in [0.717, 1.165) is 19.3 Å². The zero-order valence-corrected chi connectivity index (χ0v) is 19.7. The molecule has 1 amide bonds. The zero-order valence-electron chi connectivity index (χ0n) is 19.7. The Hall–Kier alpha value is -1.26. The molecule has 4 heterocycles. The summed E-state index contributed by atoms with van der Waals surface area (Å²) in [5.74, 6) is -1.04. The minimum atomic E-state index is -0.885. The van der Waals surface area contributed by atoms with E-state index in [2.05, 4.69) is 12.2 Å². The number of aliphatic hydroxyl groups is 1. The highest BCUT2D eigenvalue weighted by molar-refractivity contribution is 5.81. The Kier molecular flexibility index (Phi) is 6.35. The number of hydrogen-bond acceptors (Lipinski definition) is 8. The molecule has 0 aromatic carbocycles. The molecule has 9 heteroatoms.